The minimum atomic E-state index is 0.778. The summed E-state index contributed by atoms with van der Waals surface area (Å²) in [6.45, 7) is 0. The van der Waals surface area contributed by atoms with Crippen LogP contribution in [0.15, 0.2) is 35.7 Å². The molecule has 1 rings (SSSR count). The lowest BCUT2D eigenvalue weighted by Crippen LogP contribution is -1.74. The Morgan fingerprint density at radius 1 is 1.55 bits per heavy atom. The average molecular weight is 146 g/mol. The van der Waals surface area contributed by atoms with Gasteiger partial charge in [0.1, 0.15) is 0 Å². The summed E-state index contributed by atoms with van der Waals surface area (Å²) in [5, 5.41) is 3.23. The van der Waals surface area contributed by atoms with Gasteiger partial charge in [-0.3, -0.25) is 4.98 Å². The molecule has 0 aliphatic carbocycles. The van der Waals surface area contributed by atoms with Crippen LogP contribution in [0.4, 0.5) is 0 Å². The first kappa shape index (κ1) is 7.31. The van der Waals surface area contributed by atoms with Gasteiger partial charge < -0.3 is 0 Å². The van der Waals surface area contributed by atoms with Crippen molar-refractivity contribution in [2.75, 3.05) is 0 Å². The summed E-state index contributed by atoms with van der Waals surface area (Å²) >= 11 is 0. The second-order valence-corrected chi connectivity index (χ2v) is 1.78. The van der Waals surface area contributed by atoms with Gasteiger partial charge in [-0.25, -0.2) is 0 Å². The molecule has 4 nitrogen and oxygen atoms in total. The molecule has 4 heteroatoms. The van der Waals surface area contributed by atoms with E-state index in [0.29, 0.717) is 0 Å². The van der Waals surface area contributed by atoms with Crippen molar-refractivity contribution in [3.05, 3.63) is 46.7 Å². The Morgan fingerprint density at radius 3 is 3.09 bits per heavy atom. The zero-order chi connectivity index (χ0) is 7.94. The van der Waals surface area contributed by atoms with Gasteiger partial charge in [-0.1, -0.05) is 11.2 Å². The molecule has 0 saturated heterocycles. The Balaban J connectivity index is 2.72. The maximum atomic E-state index is 7.93. The number of aromatic nitrogens is 1. The fourth-order valence-corrected chi connectivity index (χ4v) is 0.614. The molecule has 1 aromatic heterocycles. The lowest BCUT2D eigenvalue weighted by molar-refractivity contribution is 1.29. The second kappa shape index (κ2) is 4.09. The lowest BCUT2D eigenvalue weighted by Gasteiger charge is -1.86. The van der Waals surface area contributed by atoms with Gasteiger partial charge in [0.2, 0.25) is 0 Å². The van der Waals surface area contributed by atoms with Crippen LogP contribution in [-0.2, 0) is 0 Å². The van der Waals surface area contributed by atoms with Crippen LogP contribution < -0.4 is 0 Å². The molecule has 0 aliphatic rings. The van der Waals surface area contributed by atoms with Crippen molar-refractivity contribution in [2.24, 2.45) is 5.11 Å². The molecule has 0 amide bonds. The number of rotatable bonds is 2. The summed E-state index contributed by atoms with van der Waals surface area (Å²) in [5.41, 5.74) is 8.71. The van der Waals surface area contributed by atoms with Crippen molar-refractivity contribution in [1.82, 2.24) is 4.98 Å². The molecule has 0 spiro atoms. The Bertz CT molecular complexity index is 285. The molecule has 1 heterocycles. The van der Waals surface area contributed by atoms with E-state index in [1.807, 2.05) is 18.2 Å². The quantitative estimate of drug-likeness (QED) is 0.359. The van der Waals surface area contributed by atoms with Crippen molar-refractivity contribution in [3.63, 3.8) is 0 Å². The van der Waals surface area contributed by atoms with E-state index < -0.39 is 0 Å². The predicted molar refractivity (Wildman–Crippen MR) is 42.4 cm³/mol. The molecule has 11 heavy (non-hydrogen) atoms. The molecular formula is C7H6N4. The van der Waals surface area contributed by atoms with Crippen LogP contribution in [0, 0.1) is 0 Å². The first-order valence-electron chi connectivity index (χ1n) is 3.05. The van der Waals surface area contributed by atoms with Crippen LogP contribution in [-0.4, -0.2) is 4.98 Å². The summed E-state index contributed by atoms with van der Waals surface area (Å²) in [6.07, 6.45) is 4.68. The SMILES string of the molecule is [N-]=[N+]=N/C=C/c1ccccn1. The standard InChI is InChI=1S/C7H6N4/c8-11-10-6-4-7-3-1-2-5-9-7/h1-6H/b6-4+. The van der Waals surface area contributed by atoms with Crippen LogP contribution in [0.25, 0.3) is 16.5 Å². The second-order valence-electron chi connectivity index (χ2n) is 1.78. The third-order valence-electron chi connectivity index (χ3n) is 1.05. The van der Waals surface area contributed by atoms with Gasteiger partial charge in [-0.05, 0) is 23.7 Å². The molecular weight excluding hydrogens is 140 g/mol. The molecule has 54 valence electrons. The van der Waals surface area contributed by atoms with Crippen LogP contribution in [0.5, 0.6) is 0 Å². The van der Waals surface area contributed by atoms with Crippen LogP contribution in [0.1, 0.15) is 5.69 Å². The van der Waals surface area contributed by atoms with Crippen molar-refractivity contribution in [1.29, 1.82) is 0 Å². The summed E-state index contributed by atoms with van der Waals surface area (Å²) in [7, 11) is 0. The molecule has 0 fully saturated rings. The summed E-state index contributed by atoms with van der Waals surface area (Å²) < 4.78 is 0. The van der Waals surface area contributed by atoms with E-state index in [1.54, 1.807) is 12.3 Å². The summed E-state index contributed by atoms with van der Waals surface area (Å²) in [6, 6.07) is 5.51. The number of azide groups is 1. The largest absolute Gasteiger partial charge is 0.257 e. The molecule has 0 bridgehead atoms. The van der Waals surface area contributed by atoms with Crippen molar-refractivity contribution < 1.29 is 0 Å². The van der Waals surface area contributed by atoms with Crippen LogP contribution in [0.2, 0.25) is 0 Å². The molecule has 1 aromatic rings. The highest BCUT2D eigenvalue weighted by molar-refractivity contribution is 5.43. The Kier molecular flexibility index (Phi) is 2.71. The molecule has 0 radical (unpaired) electrons. The zero-order valence-corrected chi connectivity index (χ0v) is 5.75. The molecule has 0 N–H and O–H groups in total. The number of nitrogens with zero attached hydrogens (tertiary/aromatic N) is 4. The van der Waals surface area contributed by atoms with E-state index in [2.05, 4.69) is 15.0 Å². The van der Waals surface area contributed by atoms with E-state index >= 15 is 0 Å². The van der Waals surface area contributed by atoms with Gasteiger partial charge in [-0.2, -0.15) is 0 Å². The maximum Gasteiger partial charge on any atom is 0.0628 e. The van der Waals surface area contributed by atoms with E-state index in [1.165, 1.54) is 6.20 Å². The smallest absolute Gasteiger partial charge is 0.0628 e. The Labute approximate surface area is 63.8 Å². The highest BCUT2D eigenvalue weighted by Crippen LogP contribution is 1.95. The third-order valence-corrected chi connectivity index (χ3v) is 1.05. The van der Waals surface area contributed by atoms with Crippen molar-refractivity contribution >= 4 is 6.08 Å². The Morgan fingerprint density at radius 2 is 2.45 bits per heavy atom. The maximum absolute atomic E-state index is 7.93. The van der Waals surface area contributed by atoms with Gasteiger partial charge in [0.25, 0.3) is 0 Å². The van der Waals surface area contributed by atoms with E-state index in [4.69, 9.17) is 5.53 Å². The minimum Gasteiger partial charge on any atom is -0.257 e. The highest BCUT2D eigenvalue weighted by Gasteiger charge is 1.80. The van der Waals surface area contributed by atoms with Gasteiger partial charge in [0.15, 0.2) is 0 Å². The van der Waals surface area contributed by atoms with Crippen molar-refractivity contribution in [3.8, 4) is 0 Å². The molecule has 0 saturated carbocycles. The van der Waals surface area contributed by atoms with Gasteiger partial charge >= 0.3 is 0 Å². The molecule has 0 aromatic carbocycles. The normalized spacial score (nSPS) is 9.45. The summed E-state index contributed by atoms with van der Waals surface area (Å²) in [5.74, 6) is 0. The first-order chi connectivity index (χ1) is 5.43. The van der Waals surface area contributed by atoms with E-state index in [-0.39, 0.29) is 0 Å². The number of pyridine rings is 1. The number of hydrogen-bond acceptors (Lipinski definition) is 2. The monoisotopic (exact) mass is 146 g/mol. The lowest BCUT2D eigenvalue weighted by atomic mass is 10.3. The molecule has 0 atom stereocenters. The zero-order valence-electron chi connectivity index (χ0n) is 5.75. The topological polar surface area (TPSA) is 61.7 Å². The van der Waals surface area contributed by atoms with Crippen molar-refractivity contribution in [2.45, 2.75) is 0 Å². The van der Waals surface area contributed by atoms with Gasteiger partial charge in [0, 0.05) is 17.3 Å². The van der Waals surface area contributed by atoms with Crippen LogP contribution in [0.3, 0.4) is 0 Å². The van der Waals surface area contributed by atoms with Crippen LogP contribution >= 0.6 is 0 Å². The molecule has 0 unspecified atom stereocenters. The number of hydrogen-bond donors (Lipinski definition) is 0. The third kappa shape index (κ3) is 2.51. The fraction of sp³-hybridized carbons (Fsp3) is 0. The average Bonchev–Trinajstić information content (AvgIpc) is 2.07. The predicted octanol–water partition coefficient (Wildman–Crippen LogP) is 2.36. The van der Waals surface area contributed by atoms with Gasteiger partial charge in [0.05, 0.1) is 5.69 Å². The van der Waals surface area contributed by atoms with Gasteiger partial charge in [-0.15, -0.1) is 0 Å². The molecule has 0 aliphatic heterocycles. The summed E-state index contributed by atoms with van der Waals surface area (Å²) in [4.78, 5) is 6.54. The minimum absolute atomic E-state index is 0.778. The fourth-order valence-electron chi connectivity index (χ4n) is 0.614. The van der Waals surface area contributed by atoms with E-state index in [0.717, 1.165) is 5.69 Å². The Hall–Kier alpha value is -1.80. The first-order valence-corrected chi connectivity index (χ1v) is 3.05. The highest BCUT2D eigenvalue weighted by atomic mass is 15.1. The van der Waals surface area contributed by atoms with E-state index in [9.17, 15) is 0 Å².